The zero-order valence-electron chi connectivity index (χ0n) is 11.9. The quantitative estimate of drug-likeness (QED) is 0.716. The number of pyridine rings is 1. The number of halogens is 1. The maximum absolute atomic E-state index is 4.62. The molecule has 5 heteroatoms. The van der Waals surface area contributed by atoms with Gasteiger partial charge in [0.05, 0.1) is 11.2 Å². The lowest BCUT2D eigenvalue weighted by molar-refractivity contribution is 0.931. The molecule has 1 aromatic carbocycles. The molecule has 2 heterocycles. The molecule has 0 amide bonds. The number of hydrogen-bond donors (Lipinski definition) is 1. The Morgan fingerprint density at radius 2 is 1.95 bits per heavy atom. The molecule has 0 atom stereocenters. The van der Waals surface area contributed by atoms with Crippen molar-refractivity contribution in [1.82, 2.24) is 15.0 Å². The number of benzene rings is 1. The van der Waals surface area contributed by atoms with Crippen molar-refractivity contribution in [3.05, 3.63) is 52.5 Å². The summed E-state index contributed by atoms with van der Waals surface area (Å²) in [6.45, 7) is 4.03. The summed E-state index contributed by atoms with van der Waals surface area (Å²) in [6.07, 6.45) is 0.793. The van der Waals surface area contributed by atoms with Gasteiger partial charge in [-0.1, -0.05) is 25.1 Å². The Kier molecular flexibility index (Phi) is 3.84. The van der Waals surface area contributed by atoms with Gasteiger partial charge in [-0.3, -0.25) is 4.98 Å². The second-order valence-corrected chi connectivity index (χ2v) is 5.61. The average molecular weight is 343 g/mol. The molecular formula is C16H15BrN4. The maximum Gasteiger partial charge on any atom is 0.135 e. The molecule has 0 radical (unpaired) electrons. The second-order valence-electron chi connectivity index (χ2n) is 4.80. The molecule has 2 aromatic heterocycles. The van der Waals surface area contributed by atoms with Crippen molar-refractivity contribution in [2.45, 2.75) is 20.3 Å². The lowest BCUT2D eigenvalue weighted by Gasteiger charge is -2.10. The third-order valence-corrected chi connectivity index (χ3v) is 3.59. The van der Waals surface area contributed by atoms with Crippen molar-refractivity contribution in [3.63, 3.8) is 0 Å². The first-order valence-electron chi connectivity index (χ1n) is 6.82. The summed E-state index contributed by atoms with van der Waals surface area (Å²) >= 11 is 3.42. The first-order chi connectivity index (χ1) is 10.2. The number of fused-ring (bicyclic) bond motifs is 1. The average Bonchev–Trinajstić information content (AvgIpc) is 2.47. The molecule has 4 nitrogen and oxygen atoms in total. The highest BCUT2D eigenvalue weighted by Crippen LogP contribution is 2.25. The summed E-state index contributed by atoms with van der Waals surface area (Å²) in [6, 6.07) is 12.0. The minimum atomic E-state index is 0.768. The number of aryl methyl sites for hydroxylation is 2. The van der Waals surface area contributed by atoms with E-state index in [9.17, 15) is 0 Å². The molecule has 0 unspecified atom stereocenters. The normalized spacial score (nSPS) is 10.8. The first kappa shape index (κ1) is 13.9. The van der Waals surface area contributed by atoms with E-state index >= 15 is 0 Å². The van der Waals surface area contributed by atoms with Crippen LogP contribution >= 0.6 is 15.9 Å². The van der Waals surface area contributed by atoms with E-state index in [0.717, 1.165) is 45.0 Å². The summed E-state index contributed by atoms with van der Waals surface area (Å²) < 4.78 is 0.779. The van der Waals surface area contributed by atoms with Gasteiger partial charge in [0.15, 0.2) is 0 Å². The predicted octanol–water partition coefficient (Wildman–Crippen LogP) is 4.40. The van der Waals surface area contributed by atoms with Crippen molar-refractivity contribution in [3.8, 4) is 0 Å². The minimum absolute atomic E-state index is 0.768. The standard InChI is InChI=1S/C16H15BrN4/c1-3-14-20-13(17)9-15(21-14)19-12-6-4-5-11-8-7-10(2)18-16(11)12/h4-9H,3H2,1-2H3,(H,19,20,21). The second kappa shape index (κ2) is 5.77. The van der Waals surface area contributed by atoms with E-state index in [0.29, 0.717) is 0 Å². The molecule has 3 rings (SSSR count). The molecule has 0 spiro atoms. The fraction of sp³-hybridized carbons (Fsp3) is 0.188. The summed E-state index contributed by atoms with van der Waals surface area (Å²) in [5, 5.41) is 4.45. The topological polar surface area (TPSA) is 50.7 Å². The number of nitrogens with one attached hydrogen (secondary N) is 1. The van der Waals surface area contributed by atoms with Gasteiger partial charge in [0.1, 0.15) is 16.2 Å². The first-order valence-corrected chi connectivity index (χ1v) is 7.62. The van der Waals surface area contributed by atoms with E-state index in [1.165, 1.54) is 0 Å². The summed E-state index contributed by atoms with van der Waals surface area (Å²) in [4.78, 5) is 13.4. The van der Waals surface area contributed by atoms with Crippen LogP contribution in [0.3, 0.4) is 0 Å². The Labute approximate surface area is 131 Å². The van der Waals surface area contributed by atoms with Gasteiger partial charge in [-0.05, 0) is 35.0 Å². The van der Waals surface area contributed by atoms with Crippen LogP contribution in [0, 0.1) is 6.92 Å². The molecule has 0 aliphatic rings. The van der Waals surface area contributed by atoms with Gasteiger partial charge in [0.2, 0.25) is 0 Å². The van der Waals surface area contributed by atoms with Crippen LogP contribution < -0.4 is 5.32 Å². The van der Waals surface area contributed by atoms with Crippen LogP contribution in [-0.4, -0.2) is 15.0 Å². The largest absolute Gasteiger partial charge is 0.338 e. The third kappa shape index (κ3) is 3.03. The van der Waals surface area contributed by atoms with Gasteiger partial charge in [0.25, 0.3) is 0 Å². The monoisotopic (exact) mass is 342 g/mol. The highest BCUT2D eigenvalue weighted by molar-refractivity contribution is 9.10. The van der Waals surface area contributed by atoms with Crippen molar-refractivity contribution in [2.24, 2.45) is 0 Å². The number of hydrogen-bond acceptors (Lipinski definition) is 4. The van der Waals surface area contributed by atoms with Crippen LogP contribution in [0.1, 0.15) is 18.4 Å². The number of rotatable bonds is 3. The molecule has 106 valence electrons. The summed E-state index contributed by atoms with van der Waals surface area (Å²) in [5.41, 5.74) is 2.89. The molecular weight excluding hydrogens is 328 g/mol. The SMILES string of the molecule is CCc1nc(Br)cc(Nc2cccc3ccc(C)nc23)n1. The van der Waals surface area contributed by atoms with Crippen LogP contribution in [0.5, 0.6) is 0 Å². The van der Waals surface area contributed by atoms with Crippen LogP contribution in [0.2, 0.25) is 0 Å². The highest BCUT2D eigenvalue weighted by Gasteiger charge is 2.06. The van der Waals surface area contributed by atoms with E-state index in [1.807, 2.05) is 38.1 Å². The molecule has 0 aliphatic heterocycles. The zero-order chi connectivity index (χ0) is 14.8. The summed E-state index contributed by atoms with van der Waals surface area (Å²) in [5.74, 6) is 1.57. The Bertz CT molecular complexity index is 801. The lowest BCUT2D eigenvalue weighted by Crippen LogP contribution is -2.00. The fourth-order valence-electron chi connectivity index (χ4n) is 2.17. The van der Waals surface area contributed by atoms with Crippen molar-refractivity contribution >= 4 is 38.3 Å². The van der Waals surface area contributed by atoms with Crippen LogP contribution in [0.15, 0.2) is 41.0 Å². The molecule has 3 aromatic rings. The number of anilines is 2. The molecule has 0 saturated carbocycles. The zero-order valence-corrected chi connectivity index (χ0v) is 13.5. The molecule has 0 bridgehead atoms. The third-order valence-electron chi connectivity index (χ3n) is 3.18. The Morgan fingerprint density at radius 1 is 1.10 bits per heavy atom. The van der Waals surface area contributed by atoms with E-state index in [1.54, 1.807) is 0 Å². The van der Waals surface area contributed by atoms with Crippen molar-refractivity contribution < 1.29 is 0 Å². The van der Waals surface area contributed by atoms with Gasteiger partial charge in [-0.2, -0.15) is 0 Å². The number of para-hydroxylation sites is 1. The van der Waals surface area contributed by atoms with E-state index < -0.39 is 0 Å². The number of aromatic nitrogens is 3. The Hall–Kier alpha value is -2.01. The fourth-order valence-corrected chi connectivity index (χ4v) is 2.59. The Balaban J connectivity index is 2.05. The van der Waals surface area contributed by atoms with E-state index in [-0.39, 0.29) is 0 Å². The van der Waals surface area contributed by atoms with Gasteiger partial charge >= 0.3 is 0 Å². The smallest absolute Gasteiger partial charge is 0.135 e. The van der Waals surface area contributed by atoms with Crippen molar-refractivity contribution in [2.75, 3.05) is 5.32 Å². The minimum Gasteiger partial charge on any atom is -0.338 e. The van der Waals surface area contributed by atoms with Gasteiger partial charge in [-0.15, -0.1) is 0 Å². The lowest BCUT2D eigenvalue weighted by atomic mass is 10.1. The van der Waals surface area contributed by atoms with Gasteiger partial charge in [-0.25, -0.2) is 9.97 Å². The van der Waals surface area contributed by atoms with E-state index in [2.05, 4.69) is 48.3 Å². The number of nitrogens with zero attached hydrogens (tertiary/aromatic N) is 3. The van der Waals surface area contributed by atoms with Gasteiger partial charge < -0.3 is 5.32 Å². The van der Waals surface area contributed by atoms with Crippen LogP contribution in [-0.2, 0) is 6.42 Å². The molecule has 0 saturated heterocycles. The van der Waals surface area contributed by atoms with Crippen LogP contribution in [0.25, 0.3) is 10.9 Å². The van der Waals surface area contributed by atoms with Gasteiger partial charge in [0, 0.05) is 23.6 Å². The highest BCUT2D eigenvalue weighted by atomic mass is 79.9. The molecule has 1 N–H and O–H groups in total. The maximum atomic E-state index is 4.62. The van der Waals surface area contributed by atoms with E-state index in [4.69, 9.17) is 0 Å². The van der Waals surface area contributed by atoms with Crippen molar-refractivity contribution in [1.29, 1.82) is 0 Å². The van der Waals surface area contributed by atoms with Crippen LogP contribution in [0.4, 0.5) is 11.5 Å². The predicted molar refractivity (Wildman–Crippen MR) is 88.9 cm³/mol. The molecule has 0 fully saturated rings. The molecule has 0 aliphatic carbocycles. The summed E-state index contributed by atoms with van der Waals surface area (Å²) in [7, 11) is 0. The molecule has 21 heavy (non-hydrogen) atoms. The Morgan fingerprint density at radius 3 is 2.76 bits per heavy atom.